The highest BCUT2D eigenvalue weighted by atomic mass is 32.1. The van der Waals surface area contributed by atoms with Gasteiger partial charge in [0, 0.05) is 30.1 Å². The third-order valence-corrected chi connectivity index (χ3v) is 7.05. The van der Waals surface area contributed by atoms with E-state index in [9.17, 15) is 9.18 Å². The van der Waals surface area contributed by atoms with Crippen molar-refractivity contribution in [3.63, 3.8) is 0 Å². The first-order valence-electron chi connectivity index (χ1n) is 10.5. The van der Waals surface area contributed by atoms with Crippen molar-refractivity contribution in [1.29, 1.82) is 0 Å². The molecule has 32 heavy (non-hydrogen) atoms. The maximum atomic E-state index is 14.9. The first-order chi connectivity index (χ1) is 15.5. The molecule has 2 heterocycles. The molecule has 0 radical (unpaired) electrons. The van der Waals surface area contributed by atoms with Gasteiger partial charge < -0.3 is 10.0 Å². The van der Waals surface area contributed by atoms with Gasteiger partial charge in [0.25, 0.3) is 5.91 Å². The quantitative estimate of drug-likeness (QED) is 0.468. The second kappa shape index (κ2) is 8.07. The third kappa shape index (κ3) is 3.57. The number of fused-ring (bicyclic) bond motifs is 1. The molecule has 1 saturated carbocycles. The zero-order valence-electron chi connectivity index (χ0n) is 17.6. The number of benzene rings is 2. The fourth-order valence-electron chi connectivity index (χ4n) is 4.07. The van der Waals surface area contributed by atoms with Crippen molar-refractivity contribution >= 4 is 27.6 Å². The fourth-order valence-corrected chi connectivity index (χ4v) is 5.03. The van der Waals surface area contributed by atoms with E-state index in [1.54, 1.807) is 19.2 Å². The Labute approximate surface area is 189 Å². The minimum atomic E-state index is -0.504. The van der Waals surface area contributed by atoms with Crippen molar-refractivity contribution in [3.05, 3.63) is 83.3 Å². The number of likely N-dealkylation sites (N-methyl/N-ethyl adjacent to an activating group) is 1. The third-order valence-electron chi connectivity index (χ3n) is 6.05. The minimum absolute atomic E-state index is 0.0343. The summed E-state index contributed by atoms with van der Waals surface area (Å²) in [6.07, 6.45) is 2.13. The summed E-state index contributed by atoms with van der Waals surface area (Å²) in [4.78, 5) is 24.0. The molecule has 1 aliphatic carbocycles. The highest BCUT2D eigenvalue weighted by Crippen LogP contribution is 2.53. The van der Waals surface area contributed by atoms with Gasteiger partial charge in [-0.05, 0) is 48.7 Å². The lowest BCUT2D eigenvalue weighted by molar-refractivity contribution is 0.0766. The van der Waals surface area contributed by atoms with Gasteiger partial charge in [-0.3, -0.25) is 4.79 Å². The van der Waals surface area contributed by atoms with E-state index in [4.69, 9.17) is 10.1 Å². The SMILES string of the molecule is CN(CCO)C(=O)c1ccc(-c2nc3ccc(C4(c5ccccc5)CC4)nc3s2)c(F)c1. The maximum absolute atomic E-state index is 14.9. The summed E-state index contributed by atoms with van der Waals surface area (Å²) in [6, 6.07) is 18.8. The van der Waals surface area contributed by atoms with E-state index in [0.717, 1.165) is 28.9 Å². The molecule has 0 spiro atoms. The van der Waals surface area contributed by atoms with E-state index in [-0.39, 0.29) is 30.0 Å². The molecule has 0 unspecified atom stereocenters. The second-order valence-corrected chi connectivity index (χ2v) is 9.11. The standard InChI is InChI=1S/C25H22FN3O2S/c1-29(13-14-30)24(31)16-7-8-18(19(26)15-16)22-27-20-9-10-21(28-23(20)32-22)25(11-12-25)17-5-3-2-4-6-17/h2-10,15,30H,11-14H2,1H3. The van der Waals surface area contributed by atoms with Crippen LogP contribution >= 0.6 is 11.3 Å². The molecule has 4 aromatic rings. The Balaban J connectivity index is 1.47. The molecule has 5 rings (SSSR count). The molecular formula is C25H22FN3O2S. The lowest BCUT2D eigenvalue weighted by atomic mass is 9.92. The Hall–Kier alpha value is -3.16. The molecule has 162 valence electrons. The molecule has 0 bridgehead atoms. The van der Waals surface area contributed by atoms with Gasteiger partial charge in [-0.1, -0.05) is 41.7 Å². The van der Waals surface area contributed by atoms with E-state index in [1.807, 2.05) is 18.2 Å². The van der Waals surface area contributed by atoms with Gasteiger partial charge >= 0.3 is 0 Å². The molecule has 2 aromatic carbocycles. The van der Waals surface area contributed by atoms with E-state index >= 15 is 0 Å². The summed E-state index contributed by atoms with van der Waals surface area (Å²) >= 11 is 1.36. The van der Waals surface area contributed by atoms with Crippen LogP contribution in [0.15, 0.2) is 60.7 Å². The summed E-state index contributed by atoms with van der Waals surface area (Å²) in [5.74, 6) is -0.841. The van der Waals surface area contributed by atoms with Crippen LogP contribution in [0.3, 0.4) is 0 Å². The number of nitrogens with zero attached hydrogens (tertiary/aromatic N) is 3. The number of carbonyl (C=O) groups is 1. The molecule has 5 nitrogen and oxygen atoms in total. The molecule has 1 fully saturated rings. The zero-order chi connectivity index (χ0) is 22.3. The van der Waals surface area contributed by atoms with Crippen LogP contribution in [0.2, 0.25) is 0 Å². The number of amides is 1. The molecule has 1 amide bonds. The number of thiazole rings is 1. The van der Waals surface area contributed by atoms with Gasteiger partial charge in [0.2, 0.25) is 0 Å². The predicted octanol–water partition coefficient (Wildman–Crippen LogP) is 4.64. The molecule has 7 heteroatoms. The molecule has 2 aromatic heterocycles. The molecule has 0 atom stereocenters. The second-order valence-electron chi connectivity index (χ2n) is 8.13. The van der Waals surface area contributed by atoms with E-state index in [0.29, 0.717) is 10.6 Å². The Kier molecular flexibility index (Phi) is 5.23. The topological polar surface area (TPSA) is 66.3 Å². The molecule has 1 aliphatic rings. The summed E-state index contributed by atoms with van der Waals surface area (Å²) in [7, 11) is 1.57. The lowest BCUT2D eigenvalue weighted by Gasteiger charge is -2.15. The number of pyridine rings is 1. The van der Waals surface area contributed by atoms with Crippen molar-refractivity contribution in [3.8, 4) is 10.6 Å². The summed E-state index contributed by atoms with van der Waals surface area (Å²) in [5.41, 5.74) is 3.59. The first-order valence-corrected chi connectivity index (χ1v) is 11.3. The Morgan fingerprint density at radius 3 is 2.59 bits per heavy atom. The summed E-state index contributed by atoms with van der Waals surface area (Å²) in [6.45, 7) is 0.0492. The van der Waals surface area contributed by atoms with Crippen LogP contribution < -0.4 is 0 Å². The zero-order valence-corrected chi connectivity index (χ0v) is 18.4. The molecular weight excluding hydrogens is 425 g/mol. The van der Waals surface area contributed by atoms with Gasteiger partial charge in [0.1, 0.15) is 21.2 Å². The van der Waals surface area contributed by atoms with Crippen molar-refractivity contribution < 1.29 is 14.3 Å². The largest absolute Gasteiger partial charge is 0.395 e. The van der Waals surface area contributed by atoms with Gasteiger partial charge in [-0.15, -0.1) is 0 Å². The van der Waals surface area contributed by atoms with Crippen LogP contribution in [0.25, 0.3) is 20.9 Å². The van der Waals surface area contributed by atoms with Gasteiger partial charge in [0.05, 0.1) is 12.3 Å². The number of aliphatic hydroxyl groups excluding tert-OH is 1. The Morgan fingerprint density at radius 2 is 1.91 bits per heavy atom. The van der Waals surface area contributed by atoms with Crippen LogP contribution in [0.4, 0.5) is 4.39 Å². The Bertz CT molecular complexity index is 1300. The van der Waals surface area contributed by atoms with E-state index < -0.39 is 5.82 Å². The van der Waals surface area contributed by atoms with E-state index in [2.05, 4.69) is 29.2 Å². The number of halogens is 1. The van der Waals surface area contributed by atoms with Crippen LogP contribution in [0.1, 0.15) is 34.5 Å². The predicted molar refractivity (Wildman–Crippen MR) is 123 cm³/mol. The highest BCUT2D eigenvalue weighted by Gasteiger charge is 2.47. The van der Waals surface area contributed by atoms with Gasteiger partial charge in [-0.2, -0.15) is 0 Å². The van der Waals surface area contributed by atoms with Gasteiger partial charge in [0.15, 0.2) is 0 Å². The smallest absolute Gasteiger partial charge is 0.253 e. The summed E-state index contributed by atoms with van der Waals surface area (Å²) < 4.78 is 14.9. The first kappa shape index (κ1) is 20.7. The average Bonchev–Trinajstić information content (AvgIpc) is 3.52. The van der Waals surface area contributed by atoms with Crippen molar-refractivity contribution in [2.75, 3.05) is 20.2 Å². The van der Waals surface area contributed by atoms with Crippen LogP contribution in [0, 0.1) is 5.82 Å². The van der Waals surface area contributed by atoms with Crippen molar-refractivity contribution in [2.24, 2.45) is 0 Å². The monoisotopic (exact) mass is 447 g/mol. The average molecular weight is 448 g/mol. The number of hydrogen-bond acceptors (Lipinski definition) is 5. The molecule has 0 saturated heterocycles. The highest BCUT2D eigenvalue weighted by molar-refractivity contribution is 7.21. The number of hydrogen-bond donors (Lipinski definition) is 1. The number of carbonyl (C=O) groups excluding carboxylic acids is 1. The number of rotatable bonds is 6. The summed E-state index contributed by atoms with van der Waals surface area (Å²) in [5, 5.41) is 9.54. The number of aliphatic hydroxyl groups is 1. The van der Waals surface area contributed by atoms with Crippen LogP contribution in [0.5, 0.6) is 0 Å². The molecule has 1 N–H and O–H groups in total. The van der Waals surface area contributed by atoms with Crippen LogP contribution in [-0.4, -0.2) is 46.1 Å². The Morgan fingerprint density at radius 1 is 1.12 bits per heavy atom. The van der Waals surface area contributed by atoms with Crippen molar-refractivity contribution in [1.82, 2.24) is 14.9 Å². The van der Waals surface area contributed by atoms with Crippen molar-refractivity contribution in [2.45, 2.75) is 18.3 Å². The normalized spacial score (nSPS) is 14.5. The lowest BCUT2D eigenvalue weighted by Crippen LogP contribution is -2.29. The van der Waals surface area contributed by atoms with Crippen LogP contribution in [-0.2, 0) is 5.41 Å². The van der Waals surface area contributed by atoms with Gasteiger partial charge in [-0.25, -0.2) is 14.4 Å². The molecule has 0 aliphatic heterocycles. The minimum Gasteiger partial charge on any atom is -0.395 e. The maximum Gasteiger partial charge on any atom is 0.253 e. The fraction of sp³-hybridized carbons (Fsp3) is 0.240. The van der Waals surface area contributed by atoms with E-state index in [1.165, 1.54) is 27.9 Å². The number of aromatic nitrogens is 2.